The van der Waals surface area contributed by atoms with E-state index < -0.39 is 34.0 Å². The molecular formula is C15H15F3N4O4S. The second-order valence-electron chi connectivity index (χ2n) is 5.85. The van der Waals surface area contributed by atoms with Gasteiger partial charge in [0.05, 0.1) is 4.90 Å². The Morgan fingerprint density at radius 2 is 1.70 bits per heavy atom. The van der Waals surface area contributed by atoms with Crippen LogP contribution in [0, 0.1) is 0 Å². The van der Waals surface area contributed by atoms with E-state index in [1.54, 1.807) is 0 Å². The van der Waals surface area contributed by atoms with Crippen LogP contribution in [0.5, 0.6) is 0 Å². The number of hydrogen-bond donors (Lipinski definition) is 1. The van der Waals surface area contributed by atoms with Crippen LogP contribution in [0.4, 0.5) is 19.2 Å². The van der Waals surface area contributed by atoms with Gasteiger partial charge in [-0.15, -0.1) is 5.10 Å². The molecule has 0 bridgehead atoms. The summed E-state index contributed by atoms with van der Waals surface area (Å²) in [5, 5.41) is 7.92. The van der Waals surface area contributed by atoms with Crippen molar-refractivity contribution >= 4 is 21.9 Å². The van der Waals surface area contributed by atoms with Crippen molar-refractivity contribution in [2.45, 2.75) is 30.3 Å². The fourth-order valence-electron chi connectivity index (χ4n) is 2.59. The highest BCUT2D eigenvalue weighted by Gasteiger charge is 2.38. The molecule has 0 spiro atoms. The first kappa shape index (κ1) is 19.3. The van der Waals surface area contributed by atoms with E-state index in [1.165, 1.54) is 28.6 Å². The number of carbonyl (C=O) groups excluding carboxylic acids is 1. The zero-order chi connectivity index (χ0) is 19.7. The maximum absolute atomic E-state index is 12.5. The van der Waals surface area contributed by atoms with E-state index in [-0.39, 0.29) is 10.5 Å². The van der Waals surface area contributed by atoms with Crippen LogP contribution in [0.25, 0.3) is 0 Å². The van der Waals surface area contributed by atoms with Crippen LogP contribution >= 0.6 is 0 Å². The summed E-state index contributed by atoms with van der Waals surface area (Å²) in [5.41, 5.74) is 0.0272. The summed E-state index contributed by atoms with van der Waals surface area (Å²) in [5.74, 6) is -2.39. The van der Waals surface area contributed by atoms with Crippen LogP contribution in [-0.4, -0.2) is 41.9 Å². The SMILES string of the molecule is O=C(Nc1nnc(C(F)(F)F)o1)c1ccc(S(=O)(=O)N2CCCCC2)cc1. The maximum atomic E-state index is 12.5. The molecule has 1 aromatic heterocycles. The Balaban J connectivity index is 1.71. The predicted octanol–water partition coefficient (Wildman–Crippen LogP) is 2.52. The van der Waals surface area contributed by atoms with Gasteiger partial charge < -0.3 is 4.42 Å². The van der Waals surface area contributed by atoms with Crippen molar-refractivity contribution in [3.05, 3.63) is 35.7 Å². The molecule has 3 rings (SSSR count). The summed E-state index contributed by atoms with van der Waals surface area (Å²) in [6, 6.07) is 4.35. The van der Waals surface area contributed by atoms with Crippen molar-refractivity contribution in [1.29, 1.82) is 0 Å². The number of anilines is 1. The van der Waals surface area contributed by atoms with Crippen LogP contribution < -0.4 is 5.32 Å². The molecule has 27 heavy (non-hydrogen) atoms. The molecule has 1 saturated heterocycles. The van der Waals surface area contributed by atoms with Crippen LogP contribution in [0.15, 0.2) is 33.6 Å². The summed E-state index contributed by atoms with van der Waals surface area (Å²) in [6.45, 7) is 0.895. The third kappa shape index (κ3) is 4.27. The van der Waals surface area contributed by atoms with Gasteiger partial charge in [-0.2, -0.15) is 17.5 Å². The molecule has 1 fully saturated rings. The van der Waals surface area contributed by atoms with Crippen LogP contribution in [0.2, 0.25) is 0 Å². The fraction of sp³-hybridized carbons (Fsp3) is 0.400. The summed E-state index contributed by atoms with van der Waals surface area (Å²) in [7, 11) is -3.64. The number of benzene rings is 1. The van der Waals surface area contributed by atoms with E-state index in [1.807, 2.05) is 5.32 Å². The van der Waals surface area contributed by atoms with Gasteiger partial charge in [0, 0.05) is 18.7 Å². The number of carbonyl (C=O) groups is 1. The van der Waals surface area contributed by atoms with E-state index in [4.69, 9.17) is 0 Å². The Kier molecular flexibility index (Phi) is 5.20. The summed E-state index contributed by atoms with van der Waals surface area (Å²) in [6.07, 6.45) is -2.25. The molecule has 1 N–H and O–H groups in total. The highest BCUT2D eigenvalue weighted by atomic mass is 32.2. The molecule has 0 saturated carbocycles. The van der Waals surface area contributed by atoms with Crippen molar-refractivity contribution in [1.82, 2.24) is 14.5 Å². The second kappa shape index (κ2) is 7.27. The number of amides is 1. The normalized spacial score (nSPS) is 16.3. The van der Waals surface area contributed by atoms with Crippen LogP contribution in [0.1, 0.15) is 35.5 Å². The number of nitrogens with zero attached hydrogens (tertiary/aromatic N) is 3. The van der Waals surface area contributed by atoms with E-state index in [0.29, 0.717) is 13.1 Å². The highest BCUT2D eigenvalue weighted by molar-refractivity contribution is 7.89. The number of hydrogen-bond acceptors (Lipinski definition) is 6. The van der Waals surface area contributed by atoms with Crippen molar-refractivity contribution in [2.75, 3.05) is 18.4 Å². The molecule has 2 aromatic rings. The number of halogens is 3. The van der Waals surface area contributed by atoms with Gasteiger partial charge in [-0.25, -0.2) is 8.42 Å². The van der Waals surface area contributed by atoms with E-state index in [0.717, 1.165) is 19.3 Å². The minimum Gasteiger partial charge on any atom is -0.399 e. The van der Waals surface area contributed by atoms with Gasteiger partial charge in [-0.05, 0) is 37.1 Å². The lowest BCUT2D eigenvalue weighted by atomic mass is 10.2. The van der Waals surface area contributed by atoms with Crippen LogP contribution in [0.3, 0.4) is 0 Å². The van der Waals surface area contributed by atoms with Gasteiger partial charge in [0.15, 0.2) is 0 Å². The van der Waals surface area contributed by atoms with E-state index in [9.17, 15) is 26.4 Å². The zero-order valence-electron chi connectivity index (χ0n) is 13.9. The number of sulfonamides is 1. The summed E-state index contributed by atoms with van der Waals surface area (Å²) in [4.78, 5) is 12.1. The zero-order valence-corrected chi connectivity index (χ0v) is 14.7. The first-order valence-corrected chi connectivity index (χ1v) is 9.44. The number of piperidine rings is 1. The smallest absolute Gasteiger partial charge is 0.399 e. The molecule has 1 aromatic carbocycles. The van der Waals surface area contributed by atoms with Gasteiger partial charge in [0.25, 0.3) is 5.91 Å². The molecule has 1 amide bonds. The average molecular weight is 404 g/mol. The lowest BCUT2D eigenvalue weighted by Gasteiger charge is -2.25. The second-order valence-corrected chi connectivity index (χ2v) is 7.79. The van der Waals surface area contributed by atoms with E-state index in [2.05, 4.69) is 14.6 Å². The fourth-order valence-corrected chi connectivity index (χ4v) is 4.11. The summed E-state index contributed by atoms with van der Waals surface area (Å²) < 4.78 is 68.0. The molecule has 12 heteroatoms. The maximum Gasteiger partial charge on any atom is 0.470 e. The molecule has 0 unspecified atom stereocenters. The highest BCUT2D eigenvalue weighted by Crippen LogP contribution is 2.28. The van der Waals surface area contributed by atoms with Gasteiger partial charge >= 0.3 is 18.1 Å². The number of rotatable bonds is 4. The lowest BCUT2D eigenvalue weighted by Crippen LogP contribution is -2.35. The molecule has 146 valence electrons. The van der Waals surface area contributed by atoms with Crippen LogP contribution in [-0.2, 0) is 16.2 Å². The molecule has 2 heterocycles. The van der Waals surface area contributed by atoms with Gasteiger partial charge in [0.1, 0.15) is 0 Å². The third-order valence-electron chi connectivity index (χ3n) is 3.96. The Morgan fingerprint density at radius 1 is 1.07 bits per heavy atom. The Bertz CT molecular complexity index is 919. The quantitative estimate of drug-likeness (QED) is 0.840. The standard InChI is InChI=1S/C15H15F3N4O4S/c16-15(17,18)13-20-21-14(26-13)19-12(23)10-4-6-11(7-5-10)27(24,25)22-8-2-1-3-9-22/h4-7H,1-3,8-9H2,(H,19,21,23). The summed E-state index contributed by atoms with van der Waals surface area (Å²) >= 11 is 0. The molecule has 0 radical (unpaired) electrons. The first-order chi connectivity index (χ1) is 12.7. The number of nitrogens with one attached hydrogen (secondary N) is 1. The van der Waals surface area contributed by atoms with Gasteiger partial charge in [0.2, 0.25) is 10.0 Å². The predicted molar refractivity (Wildman–Crippen MR) is 86.3 cm³/mol. The van der Waals surface area contributed by atoms with Crippen molar-refractivity contribution < 1.29 is 30.8 Å². The average Bonchev–Trinajstić information content (AvgIpc) is 3.11. The van der Waals surface area contributed by atoms with Crippen molar-refractivity contribution in [3.8, 4) is 0 Å². The number of alkyl halides is 3. The van der Waals surface area contributed by atoms with Crippen molar-refractivity contribution in [3.63, 3.8) is 0 Å². The van der Waals surface area contributed by atoms with E-state index >= 15 is 0 Å². The Labute approximate surface area is 152 Å². The third-order valence-corrected chi connectivity index (χ3v) is 5.87. The number of aromatic nitrogens is 2. The van der Waals surface area contributed by atoms with Crippen molar-refractivity contribution in [2.24, 2.45) is 0 Å². The molecule has 1 aliphatic heterocycles. The molecule has 1 aliphatic rings. The van der Waals surface area contributed by atoms with Gasteiger partial charge in [-0.1, -0.05) is 11.5 Å². The minimum atomic E-state index is -4.82. The lowest BCUT2D eigenvalue weighted by molar-refractivity contribution is -0.156. The Morgan fingerprint density at radius 3 is 2.26 bits per heavy atom. The largest absolute Gasteiger partial charge is 0.470 e. The monoisotopic (exact) mass is 404 g/mol. The molecule has 0 atom stereocenters. The molecule has 8 nitrogen and oxygen atoms in total. The van der Waals surface area contributed by atoms with Gasteiger partial charge in [-0.3, -0.25) is 10.1 Å². The molecule has 0 aliphatic carbocycles. The topological polar surface area (TPSA) is 105 Å². The first-order valence-electron chi connectivity index (χ1n) is 8.00. The minimum absolute atomic E-state index is 0.0272. The Hall–Kier alpha value is -2.47. The molecular weight excluding hydrogens is 389 g/mol.